The standard InChI is InChI=1S/C19H26BrNO4/c1-3-4-11-25-19(23)21-10-9-15(13-21)16(18(22)24-2)12-14-7-5-6-8-17(14)20/h5-8,15-16H,3-4,9-13H2,1-2H3. The second kappa shape index (κ2) is 9.80. The Bertz CT molecular complexity index is 593. The number of unbranched alkanes of at least 4 members (excludes halogenated alkanes) is 1. The summed E-state index contributed by atoms with van der Waals surface area (Å²) >= 11 is 3.54. The highest BCUT2D eigenvalue weighted by Crippen LogP contribution is 2.30. The van der Waals surface area contributed by atoms with E-state index in [2.05, 4.69) is 22.9 Å². The summed E-state index contributed by atoms with van der Waals surface area (Å²) < 4.78 is 11.3. The third kappa shape index (κ3) is 5.46. The Morgan fingerprint density at radius 2 is 2.12 bits per heavy atom. The van der Waals surface area contributed by atoms with Gasteiger partial charge in [-0.3, -0.25) is 4.79 Å². The van der Waals surface area contributed by atoms with Gasteiger partial charge in [0.15, 0.2) is 0 Å². The smallest absolute Gasteiger partial charge is 0.409 e. The fourth-order valence-electron chi connectivity index (χ4n) is 3.17. The van der Waals surface area contributed by atoms with Gasteiger partial charge in [0, 0.05) is 17.6 Å². The average molecular weight is 412 g/mol. The van der Waals surface area contributed by atoms with Crippen molar-refractivity contribution >= 4 is 28.0 Å². The van der Waals surface area contributed by atoms with Crippen LogP contribution < -0.4 is 0 Å². The van der Waals surface area contributed by atoms with Crippen molar-refractivity contribution in [3.8, 4) is 0 Å². The number of nitrogens with zero attached hydrogens (tertiary/aromatic N) is 1. The molecule has 0 radical (unpaired) electrons. The van der Waals surface area contributed by atoms with Crippen molar-refractivity contribution in [2.45, 2.75) is 32.6 Å². The van der Waals surface area contributed by atoms with Crippen LogP contribution in [0.15, 0.2) is 28.7 Å². The zero-order chi connectivity index (χ0) is 18.2. The van der Waals surface area contributed by atoms with Crippen molar-refractivity contribution < 1.29 is 19.1 Å². The lowest BCUT2D eigenvalue weighted by atomic mass is 9.86. The average Bonchev–Trinajstić information content (AvgIpc) is 3.10. The summed E-state index contributed by atoms with van der Waals surface area (Å²) in [5.74, 6) is -0.405. The molecule has 0 saturated carbocycles. The van der Waals surface area contributed by atoms with Gasteiger partial charge in [0.2, 0.25) is 0 Å². The first-order valence-electron chi connectivity index (χ1n) is 8.79. The molecule has 2 unspecified atom stereocenters. The molecule has 5 nitrogen and oxygen atoms in total. The summed E-state index contributed by atoms with van der Waals surface area (Å²) in [7, 11) is 1.42. The lowest BCUT2D eigenvalue weighted by Gasteiger charge is -2.22. The molecule has 2 atom stereocenters. The number of rotatable bonds is 7. The zero-order valence-electron chi connectivity index (χ0n) is 14.9. The normalized spacial score (nSPS) is 18.0. The number of amides is 1. The SMILES string of the molecule is CCCCOC(=O)N1CCC(C(Cc2ccccc2Br)C(=O)OC)C1. The molecular formula is C19H26BrNO4. The summed E-state index contributed by atoms with van der Waals surface area (Å²) in [4.78, 5) is 26.2. The molecule has 0 aliphatic carbocycles. The molecule has 1 amide bonds. The number of methoxy groups -OCH3 is 1. The Kier molecular flexibility index (Phi) is 7.75. The second-order valence-electron chi connectivity index (χ2n) is 6.39. The molecule has 1 aliphatic rings. The van der Waals surface area contributed by atoms with E-state index >= 15 is 0 Å². The van der Waals surface area contributed by atoms with Gasteiger partial charge in [-0.05, 0) is 36.8 Å². The van der Waals surface area contributed by atoms with Crippen LogP contribution in [0.2, 0.25) is 0 Å². The number of benzene rings is 1. The number of carbonyl (C=O) groups excluding carboxylic acids is 2. The quantitative estimate of drug-likeness (QED) is 0.501. The Morgan fingerprint density at radius 1 is 1.36 bits per heavy atom. The van der Waals surface area contributed by atoms with E-state index in [-0.39, 0.29) is 23.9 Å². The Balaban J connectivity index is 2.01. The van der Waals surface area contributed by atoms with Gasteiger partial charge < -0.3 is 14.4 Å². The Labute approximate surface area is 157 Å². The molecule has 1 aromatic carbocycles. The summed E-state index contributed by atoms with van der Waals surface area (Å²) in [6.07, 6.45) is 2.97. The first kappa shape index (κ1) is 19.8. The minimum Gasteiger partial charge on any atom is -0.469 e. The van der Waals surface area contributed by atoms with E-state index < -0.39 is 0 Å². The van der Waals surface area contributed by atoms with E-state index in [1.165, 1.54) is 7.11 Å². The topological polar surface area (TPSA) is 55.8 Å². The van der Waals surface area contributed by atoms with Crippen molar-refractivity contribution in [1.29, 1.82) is 0 Å². The minimum atomic E-state index is -0.277. The highest BCUT2D eigenvalue weighted by molar-refractivity contribution is 9.10. The number of hydrogen-bond acceptors (Lipinski definition) is 4. The maximum absolute atomic E-state index is 12.3. The van der Waals surface area contributed by atoms with Gasteiger partial charge in [0.05, 0.1) is 19.6 Å². The van der Waals surface area contributed by atoms with Gasteiger partial charge >= 0.3 is 12.1 Å². The molecule has 6 heteroatoms. The first-order chi connectivity index (χ1) is 12.1. The van der Waals surface area contributed by atoms with Crippen molar-refractivity contribution in [2.75, 3.05) is 26.8 Å². The molecule has 1 aliphatic heterocycles. The van der Waals surface area contributed by atoms with E-state index in [0.717, 1.165) is 29.3 Å². The molecule has 1 aromatic rings. The number of likely N-dealkylation sites (tertiary alicyclic amines) is 1. The predicted octanol–water partition coefficient (Wildman–Crippen LogP) is 4.04. The minimum absolute atomic E-state index is 0.0817. The fourth-order valence-corrected chi connectivity index (χ4v) is 3.62. The molecule has 0 aromatic heterocycles. The van der Waals surface area contributed by atoms with Crippen LogP contribution in [0.4, 0.5) is 4.79 Å². The maximum atomic E-state index is 12.3. The van der Waals surface area contributed by atoms with E-state index in [9.17, 15) is 9.59 Å². The third-order valence-corrected chi connectivity index (χ3v) is 5.45. The van der Waals surface area contributed by atoms with Crippen molar-refractivity contribution in [3.63, 3.8) is 0 Å². The molecule has 1 fully saturated rings. The largest absolute Gasteiger partial charge is 0.469 e. The number of ether oxygens (including phenoxy) is 2. The summed E-state index contributed by atoms with van der Waals surface area (Å²) in [6, 6.07) is 7.88. The fraction of sp³-hybridized carbons (Fsp3) is 0.579. The molecular weight excluding hydrogens is 386 g/mol. The second-order valence-corrected chi connectivity index (χ2v) is 7.24. The molecule has 25 heavy (non-hydrogen) atoms. The Hall–Kier alpha value is -1.56. The number of esters is 1. The molecule has 0 N–H and O–H groups in total. The lowest BCUT2D eigenvalue weighted by molar-refractivity contribution is -0.147. The summed E-state index contributed by atoms with van der Waals surface area (Å²) in [5.41, 5.74) is 1.07. The van der Waals surface area contributed by atoms with Gasteiger partial charge in [-0.25, -0.2) is 4.79 Å². The van der Waals surface area contributed by atoms with Crippen molar-refractivity contribution in [1.82, 2.24) is 4.90 Å². The maximum Gasteiger partial charge on any atom is 0.409 e. The van der Waals surface area contributed by atoms with E-state index in [4.69, 9.17) is 9.47 Å². The van der Waals surface area contributed by atoms with Crippen LogP contribution >= 0.6 is 15.9 Å². The highest BCUT2D eigenvalue weighted by atomic mass is 79.9. The number of halogens is 1. The zero-order valence-corrected chi connectivity index (χ0v) is 16.5. The molecule has 0 bridgehead atoms. The van der Waals surface area contributed by atoms with Gasteiger partial charge in [0.1, 0.15) is 0 Å². The molecule has 1 heterocycles. The number of hydrogen-bond donors (Lipinski definition) is 0. The third-order valence-electron chi connectivity index (χ3n) is 4.68. The molecule has 0 spiro atoms. The number of carbonyl (C=O) groups is 2. The molecule has 138 valence electrons. The first-order valence-corrected chi connectivity index (χ1v) is 9.59. The summed E-state index contributed by atoms with van der Waals surface area (Å²) in [6.45, 7) is 3.67. The van der Waals surface area contributed by atoms with Crippen LogP contribution in [0.25, 0.3) is 0 Å². The molecule has 2 rings (SSSR count). The predicted molar refractivity (Wildman–Crippen MR) is 99.3 cm³/mol. The van der Waals surface area contributed by atoms with E-state index in [1.807, 2.05) is 24.3 Å². The lowest BCUT2D eigenvalue weighted by Crippen LogP contribution is -2.33. The monoisotopic (exact) mass is 411 g/mol. The van der Waals surface area contributed by atoms with Crippen LogP contribution in [0.5, 0.6) is 0 Å². The molecule has 1 saturated heterocycles. The van der Waals surface area contributed by atoms with Gasteiger partial charge in [-0.2, -0.15) is 0 Å². The van der Waals surface area contributed by atoms with Crippen LogP contribution in [0.1, 0.15) is 31.7 Å². The van der Waals surface area contributed by atoms with E-state index in [1.54, 1.807) is 4.90 Å². The highest BCUT2D eigenvalue weighted by Gasteiger charge is 2.37. The van der Waals surface area contributed by atoms with Gasteiger partial charge in [0.25, 0.3) is 0 Å². The van der Waals surface area contributed by atoms with Crippen LogP contribution in [-0.2, 0) is 20.7 Å². The van der Waals surface area contributed by atoms with Crippen LogP contribution in [0, 0.1) is 11.8 Å². The van der Waals surface area contributed by atoms with Gasteiger partial charge in [-0.1, -0.05) is 47.5 Å². The van der Waals surface area contributed by atoms with E-state index in [0.29, 0.717) is 26.1 Å². The van der Waals surface area contributed by atoms with Crippen molar-refractivity contribution in [2.24, 2.45) is 11.8 Å². The van der Waals surface area contributed by atoms with Crippen molar-refractivity contribution in [3.05, 3.63) is 34.3 Å². The summed E-state index contributed by atoms with van der Waals surface area (Å²) in [5, 5.41) is 0. The van der Waals surface area contributed by atoms with Crippen LogP contribution in [-0.4, -0.2) is 43.8 Å². The van der Waals surface area contributed by atoms with Gasteiger partial charge in [-0.15, -0.1) is 0 Å². The Morgan fingerprint density at radius 3 is 2.80 bits per heavy atom. The van der Waals surface area contributed by atoms with Crippen LogP contribution in [0.3, 0.4) is 0 Å².